The van der Waals surface area contributed by atoms with Gasteiger partial charge in [0.15, 0.2) is 0 Å². The van der Waals surface area contributed by atoms with Crippen LogP contribution in [0.3, 0.4) is 0 Å². The zero-order valence-corrected chi connectivity index (χ0v) is 15.1. The number of carbonyl (C=O) groups is 2. The van der Waals surface area contributed by atoms with Crippen molar-refractivity contribution >= 4 is 11.8 Å². The number of fused-ring (bicyclic) bond motifs is 2. The van der Waals surface area contributed by atoms with Gasteiger partial charge in [-0.1, -0.05) is 0 Å². The molecule has 136 valence electrons. The van der Waals surface area contributed by atoms with Crippen molar-refractivity contribution in [3.8, 4) is 0 Å². The Balaban J connectivity index is 0.000000141. The Morgan fingerprint density at radius 1 is 0.750 bits per heavy atom. The van der Waals surface area contributed by atoms with Crippen LogP contribution < -0.4 is 10.6 Å². The van der Waals surface area contributed by atoms with E-state index >= 15 is 0 Å². The van der Waals surface area contributed by atoms with E-state index in [4.69, 9.17) is 0 Å². The summed E-state index contributed by atoms with van der Waals surface area (Å²) in [6.07, 6.45) is 5.93. The summed E-state index contributed by atoms with van der Waals surface area (Å²) in [6.45, 7) is 4.34. The van der Waals surface area contributed by atoms with Crippen LogP contribution in [-0.2, 0) is 9.59 Å². The normalized spacial score (nSPS) is 36.4. The highest BCUT2D eigenvalue weighted by Crippen LogP contribution is 2.27. The average Bonchev–Trinajstić information content (AvgIpc) is 2.62. The lowest BCUT2D eigenvalue weighted by Crippen LogP contribution is -2.53. The van der Waals surface area contributed by atoms with Crippen molar-refractivity contribution in [2.45, 2.75) is 50.6 Å². The first-order valence-electron chi connectivity index (χ1n) is 9.50. The molecule has 2 N–H and O–H groups in total. The van der Waals surface area contributed by atoms with Crippen LogP contribution in [0.4, 0.5) is 0 Å². The maximum Gasteiger partial charge on any atom is 0.222 e. The van der Waals surface area contributed by atoms with Gasteiger partial charge in [0.05, 0.1) is 0 Å². The van der Waals surface area contributed by atoms with Crippen LogP contribution in [0.1, 0.15) is 38.5 Å². The SMILES string of the molecule is CN1C(=O)CC[C@@H]2CNCC[C@@H]21.CN1C(=O)CC[C@H]2CNCC[C@H]21. The van der Waals surface area contributed by atoms with Crippen molar-refractivity contribution in [1.29, 1.82) is 0 Å². The van der Waals surface area contributed by atoms with Gasteiger partial charge in [0.2, 0.25) is 11.8 Å². The van der Waals surface area contributed by atoms with Crippen molar-refractivity contribution in [2.75, 3.05) is 40.3 Å². The number of nitrogens with one attached hydrogen (secondary N) is 2. The second-order valence-electron chi connectivity index (χ2n) is 7.73. The molecule has 0 spiro atoms. The summed E-state index contributed by atoms with van der Waals surface area (Å²) in [6, 6.07) is 1.04. The molecule has 4 atom stereocenters. The number of nitrogens with zero attached hydrogens (tertiary/aromatic N) is 2. The fourth-order valence-electron chi connectivity index (χ4n) is 4.77. The molecule has 6 heteroatoms. The number of rotatable bonds is 0. The van der Waals surface area contributed by atoms with E-state index in [1.807, 2.05) is 23.9 Å². The number of amides is 2. The number of likely N-dealkylation sites (tertiary alicyclic amines) is 2. The smallest absolute Gasteiger partial charge is 0.222 e. The van der Waals surface area contributed by atoms with Crippen molar-refractivity contribution in [3.05, 3.63) is 0 Å². The first-order chi connectivity index (χ1) is 11.6. The molecule has 6 nitrogen and oxygen atoms in total. The van der Waals surface area contributed by atoms with Gasteiger partial charge in [0.25, 0.3) is 0 Å². The summed E-state index contributed by atoms with van der Waals surface area (Å²) >= 11 is 0. The molecular formula is C18H32N4O2. The fraction of sp³-hybridized carbons (Fsp3) is 0.889. The summed E-state index contributed by atoms with van der Waals surface area (Å²) in [4.78, 5) is 26.6. The first-order valence-corrected chi connectivity index (χ1v) is 9.50. The van der Waals surface area contributed by atoms with Crippen LogP contribution in [0.15, 0.2) is 0 Å². The van der Waals surface area contributed by atoms with Gasteiger partial charge in [-0.15, -0.1) is 0 Å². The fourth-order valence-corrected chi connectivity index (χ4v) is 4.77. The highest BCUT2D eigenvalue weighted by Gasteiger charge is 2.35. The maximum absolute atomic E-state index is 11.4. The van der Waals surface area contributed by atoms with E-state index in [0.717, 1.165) is 64.7 Å². The molecular weight excluding hydrogens is 304 g/mol. The first kappa shape index (κ1) is 17.7. The second-order valence-corrected chi connectivity index (χ2v) is 7.73. The van der Waals surface area contributed by atoms with Gasteiger partial charge in [-0.25, -0.2) is 0 Å². The van der Waals surface area contributed by atoms with Gasteiger partial charge in [0, 0.05) is 39.0 Å². The van der Waals surface area contributed by atoms with Gasteiger partial charge < -0.3 is 20.4 Å². The highest BCUT2D eigenvalue weighted by atomic mass is 16.2. The number of hydrogen-bond acceptors (Lipinski definition) is 4. The van der Waals surface area contributed by atoms with E-state index in [0.29, 0.717) is 35.7 Å². The minimum atomic E-state index is 0.332. The molecule has 4 rings (SSSR count). The molecule has 0 aromatic heterocycles. The quantitative estimate of drug-likeness (QED) is 0.673. The minimum absolute atomic E-state index is 0.332. The van der Waals surface area contributed by atoms with Gasteiger partial charge in [-0.05, 0) is 63.7 Å². The minimum Gasteiger partial charge on any atom is -0.342 e. The summed E-state index contributed by atoms with van der Waals surface area (Å²) in [5.41, 5.74) is 0. The molecule has 4 aliphatic heterocycles. The molecule has 0 aromatic rings. The van der Waals surface area contributed by atoms with Gasteiger partial charge >= 0.3 is 0 Å². The Morgan fingerprint density at radius 2 is 1.17 bits per heavy atom. The van der Waals surface area contributed by atoms with E-state index in [1.54, 1.807) is 0 Å². The Labute approximate surface area is 145 Å². The molecule has 0 saturated carbocycles. The lowest BCUT2D eigenvalue weighted by atomic mass is 9.85. The van der Waals surface area contributed by atoms with Crippen molar-refractivity contribution in [3.63, 3.8) is 0 Å². The molecule has 0 aliphatic carbocycles. The average molecular weight is 336 g/mol. The van der Waals surface area contributed by atoms with E-state index in [2.05, 4.69) is 10.6 Å². The monoisotopic (exact) mass is 336 g/mol. The van der Waals surface area contributed by atoms with Gasteiger partial charge in [0.1, 0.15) is 0 Å². The second kappa shape index (κ2) is 7.83. The molecule has 4 fully saturated rings. The van der Waals surface area contributed by atoms with Gasteiger partial charge in [-0.2, -0.15) is 0 Å². The van der Waals surface area contributed by atoms with Crippen LogP contribution in [0.5, 0.6) is 0 Å². The Bertz CT molecular complexity index is 428. The third kappa shape index (κ3) is 3.75. The van der Waals surface area contributed by atoms with Gasteiger partial charge in [-0.3, -0.25) is 9.59 Å². The zero-order chi connectivity index (χ0) is 17.1. The van der Waals surface area contributed by atoms with Crippen LogP contribution in [0.2, 0.25) is 0 Å². The summed E-state index contributed by atoms with van der Waals surface area (Å²) in [5.74, 6) is 2.08. The van der Waals surface area contributed by atoms with E-state index in [-0.39, 0.29) is 0 Å². The number of hydrogen-bond donors (Lipinski definition) is 2. The van der Waals surface area contributed by atoms with Crippen LogP contribution >= 0.6 is 0 Å². The lowest BCUT2D eigenvalue weighted by Gasteiger charge is -2.42. The molecule has 2 amide bonds. The third-order valence-corrected chi connectivity index (χ3v) is 6.37. The zero-order valence-electron chi connectivity index (χ0n) is 15.1. The lowest BCUT2D eigenvalue weighted by molar-refractivity contribution is -0.138. The molecule has 0 aromatic carbocycles. The van der Waals surface area contributed by atoms with E-state index < -0.39 is 0 Å². The predicted molar refractivity (Wildman–Crippen MR) is 93.5 cm³/mol. The predicted octanol–water partition coefficient (Wildman–Crippen LogP) is 0.433. The molecule has 0 radical (unpaired) electrons. The van der Waals surface area contributed by atoms with Crippen LogP contribution in [-0.4, -0.2) is 74.0 Å². The molecule has 4 heterocycles. The Morgan fingerprint density at radius 3 is 1.58 bits per heavy atom. The molecule has 4 saturated heterocycles. The molecule has 4 aliphatic rings. The van der Waals surface area contributed by atoms with E-state index in [9.17, 15) is 9.59 Å². The standard InChI is InChI=1S/2C9H16N2O/c2*1-11-8-4-5-10-6-7(8)2-3-9(11)12/h2*7-8,10H,2-6H2,1H3/t2*7-,8+/m10/s1. The highest BCUT2D eigenvalue weighted by molar-refractivity contribution is 5.77. The van der Waals surface area contributed by atoms with Crippen molar-refractivity contribution in [2.24, 2.45) is 11.8 Å². The summed E-state index contributed by atoms with van der Waals surface area (Å²) < 4.78 is 0. The Kier molecular flexibility index (Phi) is 5.76. The summed E-state index contributed by atoms with van der Waals surface area (Å²) in [5, 5.41) is 6.76. The number of carbonyl (C=O) groups excluding carboxylic acids is 2. The summed E-state index contributed by atoms with van der Waals surface area (Å²) in [7, 11) is 3.90. The topological polar surface area (TPSA) is 64.7 Å². The van der Waals surface area contributed by atoms with Crippen molar-refractivity contribution in [1.82, 2.24) is 20.4 Å². The number of piperidine rings is 4. The molecule has 0 bridgehead atoms. The largest absolute Gasteiger partial charge is 0.342 e. The van der Waals surface area contributed by atoms with Crippen molar-refractivity contribution < 1.29 is 9.59 Å². The maximum atomic E-state index is 11.4. The van der Waals surface area contributed by atoms with E-state index in [1.165, 1.54) is 0 Å². The Hall–Kier alpha value is -1.14. The molecule has 0 unspecified atom stereocenters. The molecule has 24 heavy (non-hydrogen) atoms. The third-order valence-electron chi connectivity index (χ3n) is 6.37. The van der Waals surface area contributed by atoms with Crippen LogP contribution in [0, 0.1) is 11.8 Å². The van der Waals surface area contributed by atoms with Crippen LogP contribution in [0.25, 0.3) is 0 Å².